The fraction of sp³-hybridized carbons (Fsp3) is 0.286. The molecule has 4 atom stereocenters. The first-order valence-electron chi connectivity index (χ1n) is 18.5. The van der Waals surface area contributed by atoms with Gasteiger partial charge in [0.1, 0.15) is 29.8 Å². The summed E-state index contributed by atoms with van der Waals surface area (Å²) in [7, 11) is 0. The molecule has 0 bridgehead atoms. The van der Waals surface area contributed by atoms with Crippen LogP contribution in [0.15, 0.2) is 103 Å². The van der Waals surface area contributed by atoms with Crippen LogP contribution in [0.1, 0.15) is 43.9 Å². The third-order valence-corrected chi connectivity index (χ3v) is 8.94. The summed E-state index contributed by atoms with van der Waals surface area (Å²) in [4.78, 5) is 83.0. The zero-order valence-corrected chi connectivity index (χ0v) is 31.3. The number of nitrogens with two attached hydrogens (primary N) is 1. The van der Waals surface area contributed by atoms with E-state index in [1.165, 1.54) is 0 Å². The van der Waals surface area contributed by atoms with E-state index in [0.717, 1.165) is 21.7 Å². The van der Waals surface area contributed by atoms with Gasteiger partial charge in [-0.3, -0.25) is 24.0 Å². The number of carbonyl (C=O) groups is 6. The number of alkyl carbamates (subject to hydrolysis) is 1. The van der Waals surface area contributed by atoms with Crippen LogP contribution in [0.5, 0.6) is 0 Å². The predicted octanol–water partition coefficient (Wildman–Crippen LogP) is 3.66. The quantitative estimate of drug-likeness (QED) is 0.0784. The summed E-state index contributed by atoms with van der Waals surface area (Å²) in [6.45, 7) is 4.86. The van der Waals surface area contributed by atoms with E-state index in [2.05, 4.69) is 20.9 Å². The Labute approximate surface area is 325 Å². The maximum absolute atomic E-state index is 14.4. The van der Waals surface area contributed by atoms with Crippen LogP contribution >= 0.6 is 0 Å². The molecule has 1 aromatic heterocycles. The second kappa shape index (κ2) is 18.1. The molecule has 0 unspecified atom stereocenters. The van der Waals surface area contributed by atoms with Crippen LogP contribution in [-0.2, 0) is 48.0 Å². The molecule has 8 N–H and O–H groups in total. The number of aliphatic carboxylic acids is 1. The number of primary amides is 1. The minimum absolute atomic E-state index is 0.00844. The van der Waals surface area contributed by atoms with E-state index in [4.69, 9.17) is 11.9 Å². The van der Waals surface area contributed by atoms with Crippen molar-refractivity contribution in [1.82, 2.24) is 26.2 Å². The van der Waals surface area contributed by atoms with Crippen LogP contribution < -0.4 is 27.0 Å². The number of amides is 5. The van der Waals surface area contributed by atoms with Crippen molar-refractivity contribution in [3.63, 3.8) is 0 Å². The number of H-pyrrole nitrogens is 1. The molecule has 292 valence electrons. The van der Waals surface area contributed by atoms with Gasteiger partial charge >= 0.3 is 12.1 Å². The average Bonchev–Trinajstić information content (AvgIpc) is 3.58. The first-order valence-corrected chi connectivity index (χ1v) is 18.1. The van der Waals surface area contributed by atoms with Crippen LogP contribution in [0.4, 0.5) is 4.79 Å². The number of para-hydroxylation sites is 1. The lowest BCUT2D eigenvalue weighted by Crippen LogP contribution is -2.59. The molecular weight excluding hydrogens is 716 g/mol. The molecule has 14 heteroatoms. The maximum Gasteiger partial charge on any atom is 0.408 e. The van der Waals surface area contributed by atoms with Gasteiger partial charge in [-0.1, -0.05) is 91.0 Å². The number of hydrogen-bond donors (Lipinski definition) is 7. The Kier molecular flexibility index (Phi) is 12.6. The number of carboxylic acid groups (broad SMARTS) is 1. The number of rotatable bonds is 16. The van der Waals surface area contributed by atoms with Gasteiger partial charge in [0.05, 0.1) is 6.42 Å². The summed E-state index contributed by atoms with van der Waals surface area (Å²) in [6, 6.07) is 22.9. The van der Waals surface area contributed by atoms with E-state index in [-0.39, 0.29) is 19.3 Å². The average molecular weight is 764 g/mol. The normalized spacial score (nSPS) is 13.7. The molecule has 1 heterocycles. The number of nitrogens with one attached hydrogen (secondary N) is 5. The number of aromatic amines is 1. The molecule has 4 aromatic carbocycles. The first-order chi connectivity index (χ1) is 27.1. The summed E-state index contributed by atoms with van der Waals surface area (Å²) in [5.41, 5.74) is 7.28. The van der Waals surface area contributed by atoms with E-state index in [0.29, 0.717) is 22.0 Å². The number of carbonyl (C=O) groups excluding carboxylic acids is 5. The van der Waals surface area contributed by atoms with Crippen molar-refractivity contribution >= 4 is 57.4 Å². The molecule has 5 aromatic rings. The summed E-state index contributed by atoms with van der Waals surface area (Å²) >= 11 is 0. The van der Waals surface area contributed by atoms with E-state index in [1.54, 1.807) is 69.4 Å². The fourth-order valence-electron chi connectivity index (χ4n) is 6.29. The number of benzene rings is 4. The third kappa shape index (κ3) is 11.2. The fourth-order valence-corrected chi connectivity index (χ4v) is 6.29. The van der Waals surface area contributed by atoms with Crippen molar-refractivity contribution in [1.29, 1.82) is 0 Å². The van der Waals surface area contributed by atoms with E-state index in [9.17, 15) is 33.9 Å². The lowest BCUT2D eigenvalue weighted by Gasteiger charge is -2.27. The van der Waals surface area contributed by atoms with Gasteiger partial charge in [-0.2, -0.15) is 0 Å². The Morgan fingerprint density at radius 3 is 1.96 bits per heavy atom. The summed E-state index contributed by atoms with van der Waals surface area (Å²) in [6.07, 6.45) is -0.584. The third-order valence-electron chi connectivity index (χ3n) is 8.94. The number of hydrogen-bond acceptors (Lipinski definition) is 7. The van der Waals surface area contributed by atoms with Gasteiger partial charge in [0, 0.05) is 36.4 Å². The molecule has 0 aliphatic carbocycles. The van der Waals surface area contributed by atoms with Gasteiger partial charge in [0.2, 0.25) is 23.6 Å². The smallest absolute Gasteiger partial charge is 0.408 e. The summed E-state index contributed by atoms with van der Waals surface area (Å²) < 4.78 is 14.2. The van der Waals surface area contributed by atoms with Crippen molar-refractivity contribution in [2.75, 3.05) is 0 Å². The molecule has 0 fully saturated rings. The van der Waals surface area contributed by atoms with Crippen LogP contribution in [-0.4, -0.2) is 75.6 Å². The van der Waals surface area contributed by atoms with E-state index >= 15 is 0 Å². The lowest BCUT2D eigenvalue weighted by molar-refractivity contribution is -0.141. The van der Waals surface area contributed by atoms with Crippen molar-refractivity contribution in [3.8, 4) is 0 Å². The van der Waals surface area contributed by atoms with Gasteiger partial charge < -0.3 is 41.8 Å². The number of ether oxygens (including phenoxy) is 1. The zero-order chi connectivity index (χ0) is 41.3. The highest BCUT2D eigenvalue weighted by atomic mass is 16.6. The van der Waals surface area contributed by atoms with Crippen LogP contribution in [0, 0.1) is 0 Å². The van der Waals surface area contributed by atoms with Gasteiger partial charge in [0.15, 0.2) is 1.41 Å². The highest BCUT2D eigenvalue weighted by Gasteiger charge is 2.33. The number of fused-ring (bicyclic) bond motifs is 2. The molecule has 14 nitrogen and oxygen atoms in total. The standard InChI is InChI=1S/C42H46N6O8/c1-42(2,3)56-41(55)48-34(22-28-24-44-31-19-10-9-18-30(28)31)39(53)46-33(21-27-16-11-15-26-14-7-8-17-29(26)27)38(52)47-35(23-36(49)50)40(54)45-32(37(43)51)20-25-12-5-4-6-13-25/h4-19,24,32-35,44H,20-23H2,1-3H3,(H2,43,51)(H,45,54)(H,46,53)(H,47,52)(H,48,55)(H,49,50)/t32-,33-,34-,35-/m0/s1/i/hD. The minimum atomic E-state index is -1.70. The Morgan fingerprint density at radius 1 is 0.696 bits per heavy atom. The Balaban J connectivity index is 1.47. The molecular formula is C42H46N6O8. The molecule has 5 amide bonds. The minimum Gasteiger partial charge on any atom is -0.481 e. The topological polar surface area (TPSA) is 222 Å². The monoisotopic (exact) mass is 763 g/mol. The number of aromatic nitrogens is 1. The Hall–Kier alpha value is -6.70. The highest BCUT2D eigenvalue weighted by molar-refractivity contribution is 5.97. The summed E-state index contributed by atoms with van der Waals surface area (Å²) in [5.74, 6) is -5.11. The lowest BCUT2D eigenvalue weighted by atomic mass is 9.97. The van der Waals surface area contributed by atoms with Crippen molar-refractivity contribution < 1.29 is 40.0 Å². The molecule has 0 saturated heterocycles. The molecule has 56 heavy (non-hydrogen) atoms. The Bertz CT molecular complexity index is 2250. The van der Waals surface area contributed by atoms with Crippen molar-refractivity contribution in [2.45, 2.75) is 76.2 Å². The van der Waals surface area contributed by atoms with Crippen LogP contribution in [0.25, 0.3) is 21.7 Å². The van der Waals surface area contributed by atoms with Gasteiger partial charge in [-0.15, -0.1) is 0 Å². The van der Waals surface area contributed by atoms with Gasteiger partial charge in [-0.25, -0.2) is 4.79 Å². The SMILES string of the molecule is [2H]N(C(=O)OC(C)(C)C)[C@@H](Cc1c[nH]c2ccccc12)C(=O)N[C@@H](Cc1cccc2ccccc12)C(=O)N[C@@H](CC(=O)O)C(=O)N[C@@H](Cc1ccccc1)C(N)=O. The predicted molar refractivity (Wildman–Crippen MR) is 210 cm³/mol. The second-order valence-electron chi connectivity index (χ2n) is 14.4. The molecule has 0 saturated carbocycles. The van der Waals surface area contributed by atoms with Gasteiger partial charge in [-0.05, 0) is 54.3 Å². The highest BCUT2D eigenvalue weighted by Crippen LogP contribution is 2.22. The molecule has 0 aliphatic rings. The second-order valence-corrected chi connectivity index (χ2v) is 14.4. The van der Waals surface area contributed by atoms with Crippen LogP contribution in [0.3, 0.4) is 0 Å². The Morgan fingerprint density at radius 2 is 1.27 bits per heavy atom. The number of carboxylic acids is 1. The van der Waals surface area contributed by atoms with Gasteiger partial charge in [0.25, 0.3) is 0 Å². The molecule has 5 rings (SSSR count). The van der Waals surface area contributed by atoms with Crippen molar-refractivity contribution in [2.24, 2.45) is 5.73 Å². The van der Waals surface area contributed by atoms with E-state index < -0.39 is 71.9 Å². The van der Waals surface area contributed by atoms with E-state index in [1.807, 2.05) is 54.6 Å². The molecule has 0 aliphatic heterocycles. The maximum atomic E-state index is 14.4. The molecule has 0 radical (unpaired) electrons. The van der Waals surface area contributed by atoms with Crippen molar-refractivity contribution in [3.05, 3.63) is 120 Å². The zero-order valence-electron chi connectivity index (χ0n) is 32.3. The summed E-state index contributed by atoms with van der Waals surface area (Å²) in [5, 5.41) is 20.2. The van der Waals surface area contributed by atoms with Crippen LogP contribution in [0.2, 0.25) is 1.41 Å². The largest absolute Gasteiger partial charge is 0.481 e. The molecule has 0 spiro atoms. The first kappa shape index (κ1) is 39.0.